The molecule has 0 bridgehead atoms. The Labute approximate surface area is 127 Å². The lowest BCUT2D eigenvalue weighted by Gasteiger charge is -2.06. The van der Waals surface area contributed by atoms with E-state index in [1.165, 1.54) is 10.7 Å². The molecule has 2 aromatic heterocycles. The summed E-state index contributed by atoms with van der Waals surface area (Å²) in [6.45, 7) is 4.64. The van der Waals surface area contributed by atoms with Crippen molar-refractivity contribution < 1.29 is 14.7 Å². The Morgan fingerprint density at radius 3 is 2.59 bits per heavy atom. The van der Waals surface area contributed by atoms with Crippen LogP contribution in [-0.2, 0) is 24.9 Å². The van der Waals surface area contributed by atoms with E-state index in [4.69, 9.17) is 5.11 Å². The third kappa shape index (κ3) is 3.51. The second-order valence-corrected chi connectivity index (χ2v) is 5.07. The number of nitrogens with zero attached hydrogens (tertiary/aromatic N) is 4. The fourth-order valence-electron chi connectivity index (χ4n) is 2.17. The summed E-state index contributed by atoms with van der Waals surface area (Å²) < 4.78 is 3.23. The Hall–Kier alpha value is -2.64. The third-order valence-electron chi connectivity index (χ3n) is 3.55. The monoisotopic (exact) mass is 305 g/mol. The average Bonchev–Trinajstić information content (AvgIpc) is 3.02. The summed E-state index contributed by atoms with van der Waals surface area (Å²) in [7, 11) is 1.87. The first-order chi connectivity index (χ1) is 10.4. The molecule has 0 fully saturated rings. The molecule has 0 saturated carbocycles. The molecule has 0 atom stereocenters. The van der Waals surface area contributed by atoms with Crippen molar-refractivity contribution >= 4 is 11.9 Å². The van der Waals surface area contributed by atoms with Gasteiger partial charge in [0.05, 0.1) is 5.69 Å². The van der Waals surface area contributed by atoms with Gasteiger partial charge in [-0.15, -0.1) is 0 Å². The second-order valence-electron chi connectivity index (χ2n) is 5.07. The number of aromatic carboxylic acids is 1. The van der Waals surface area contributed by atoms with E-state index in [1.54, 1.807) is 10.9 Å². The number of hydrogen-bond acceptors (Lipinski definition) is 4. The minimum absolute atomic E-state index is 0.0259. The highest BCUT2D eigenvalue weighted by atomic mass is 16.4. The zero-order valence-electron chi connectivity index (χ0n) is 12.8. The van der Waals surface area contributed by atoms with Crippen LogP contribution >= 0.6 is 0 Å². The van der Waals surface area contributed by atoms with Gasteiger partial charge < -0.3 is 10.4 Å². The van der Waals surface area contributed by atoms with Gasteiger partial charge in [-0.3, -0.25) is 14.2 Å². The third-order valence-corrected chi connectivity index (χ3v) is 3.55. The summed E-state index contributed by atoms with van der Waals surface area (Å²) in [5.74, 6) is -1.19. The van der Waals surface area contributed by atoms with Gasteiger partial charge in [-0.05, 0) is 19.9 Å². The van der Waals surface area contributed by atoms with Crippen LogP contribution in [0, 0.1) is 13.8 Å². The number of rotatable bonds is 6. The largest absolute Gasteiger partial charge is 0.476 e. The number of aryl methyl sites for hydroxylation is 3. The van der Waals surface area contributed by atoms with Gasteiger partial charge in [0.25, 0.3) is 0 Å². The molecule has 2 N–H and O–H groups in total. The highest BCUT2D eigenvalue weighted by Crippen LogP contribution is 2.11. The van der Waals surface area contributed by atoms with Crippen molar-refractivity contribution in [1.82, 2.24) is 24.9 Å². The molecule has 118 valence electrons. The highest BCUT2D eigenvalue weighted by Gasteiger charge is 2.11. The lowest BCUT2D eigenvalue weighted by Crippen LogP contribution is -2.24. The molecule has 8 heteroatoms. The van der Waals surface area contributed by atoms with Crippen molar-refractivity contribution in [3.05, 3.63) is 34.9 Å². The molecule has 0 spiro atoms. The molecule has 0 aliphatic heterocycles. The number of nitrogens with one attached hydrogen (secondary N) is 1. The van der Waals surface area contributed by atoms with Gasteiger partial charge >= 0.3 is 5.97 Å². The summed E-state index contributed by atoms with van der Waals surface area (Å²) in [6, 6.07) is 1.41. The predicted molar refractivity (Wildman–Crippen MR) is 78.3 cm³/mol. The van der Waals surface area contributed by atoms with Crippen LogP contribution in [-0.4, -0.2) is 36.5 Å². The lowest BCUT2D eigenvalue weighted by atomic mass is 10.2. The van der Waals surface area contributed by atoms with Gasteiger partial charge in [-0.2, -0.15) is 10.2 Å². The average molecular weight is 305 g/mol. The smallest absolute Gasteiger partial charge is 0.356 e. The van der Waals surface area contributed by atoms with Gasteiger partial charge in [0, 0.05) is 44.0 Å². The van der Waals surface area contributed by atoms with Crippen LogP contribution in [0.3, 0.4) is 0 Å². The zero-order valence-corrected chi connectivity index (χ0v) is 12.8. The molecule has 8 nitrogen and oxygen atoms in total. The van der Waals surface area contributed by atoms with Crippen molar-refractivity contribution in [3.8, 4) is 0 Å². The summed E-state index contributed by atoms with van der Waals surface area (Å²) in [5.41, 5.74) is 2.92. The standard InChI is InChI=1S/C14H19N5O3/c1-9-11(10(2)18(3)16-9)8-15-13(20)5-7-19-6-4-12(17-19)14(21)22/h4,6H,5,7-8H2,1-3H3,(H,15,20)(H,21,22). The molecule has 22 heavy (non-hydrogen) atoms. The summed E-state index contributed by atoms with van der Waals surface area (Å²) >= 11 is 0. The predicted octanol–water partition coefficient (Wildman–Crippen LogP) is 0.638. The van der Waals surface area contributed by atoms with Gasteiger partial charge in [0.15, 0.2) is 5.69 Å². The van der Waals surface area contributed by atoms with Crippen LogP contribution in [0.25, 0.3) is 0 Å². The van der Waals surface area contributed by atoms with Gasteiger partial charge in [-0.1, -0.05) is 0 Å². The minimum atomic E-state index is -1.08. The highest BCUT2D eigenvalue weighted by molar-refractivity contribution is 5.85. The summed E-state index contributed by atoms with van der Waals surface area (Å²) in [4.78, 5) is 22.6. The van der Waals surface area contributed by atoms with E-state index in [1.807, 2.05) is 20.9 Å². The molecule has 2 aromatic rings. The SMILES string of the molecule is Cc1nn(C)c(C)c1CNC(=O)CCn1ccc(C(=O)O)n1. The molecule has 1 amide bonds. The van der Waals surface area contributed by atoms with Crippen LogP contribution in [0.15, 0.2) is 12.3 Å². The summed E-state index contributed by atoms with van der Waals surface area (Å²) in [5, 5.41) is 19.8. The fraction of sp³-hybridized carbons (Fsp3) is 0.429. The quantitative estimate of drug-likeness (QED) is 0.815. The van der Waals surface area contributed by atoms with Crippen molar-refractivity contribution in [2.75, 3.05) is 0 Å². The minimum Gasteiger partial charge on any atom is -0.476 e. The van der Waals surface area contributed by atoms with Crippen LogP contribution in [0.5, 0.6) is 0 Å². The van der Waals surface area contributed by atoms with E-state index in [-0.39, 0.29) is 18.0 Å². The van der Waals surface area contributed by atoms with Gasteiger partial charge in [0.2, 0.25) is 5.91 Å². The molecule has 0 radical (unpaired) electrons. The van der Waals surface area contributed by atoms with E-state index >= 15 is 0 Å². The van der Waals surface area contributed by atoms with Gasteiger partial charge in [0.1, 0.15) is 0 Å². The first kappa shape index (κ1) is 15.7. The number of carboxylic acid groups (broad SMARTS) is 1. The van der Waals surface area contributed by atoms with Crippen molar-refractivity contribution in [2.45, 2.75) is 33.4 Å². The number of carbonyl (C=O) groups excluding carboxylic acids is 1. The first-order valence-corrected chi connectivity index (χ1v) is 6.91. The molecule has 0 aromatic carbocycles. The van der Waals surface area contributed by atoms with E-state index in [2.05, 4.69) is 15.5 Å². The second kappa shape index (κ2) is 6.42. The van der Waals surface area contributed by atoms with Crippen LogP contribution in [0.2, 0.25) is 0 Å². The van der Waals surface area contributed by atoms with Crippen molar-refractivity contribution in [2.24, 2.45) is 7.05 Å². The van der Waals surface area contributed by atoms with Crippen LogP contribution in [0.1, 0.15) is 33.9 Å². The van der Waals surface area contributed by atoms with Crippen LogP contribution < -0.4 is 5.32 Å². The summed E-state index contributed by atoms with van der Waals surface area (Å²) in [6.07, 6.45) is 1.78. The van der Waals surface area contributed by atoms with Crippen molar-refractivity contribution in [1.29, 1.82) is 0 Å². The fourth-order valence-corrected chi connectivity index (χ4v) is 2.17. The van der Waals surface area contributed by atoms with Crippen LogP contribution in [0.4, 0.5) is 0 Å². The Morgan fingerprint density at radius 1 is 1.32 bits per heavy atom. The molecule has 0 saturated heterocycles. The van der Waals surface area contributed by atoms with Gasteiger partial charge in [-0.25, -0.2) is 4.79 Å². The maximum Gasteiger partial charge on any atom is 0.356 e. The topological polar surface area (TPSA) is 102 Å². The maximum absolute atomic E-state index is 11.9. The lowest BCUT2D eigenvalue weighted by molar-refractivity contribution is -0.121. The van der Waals surface area contributed by atoms with E-state index < -0.39 is 5.97 Å². The number of carboxylic acids is 1. The van der Waals surface area contributed by atoms with E-state index in [0.717, 1.165) is 17.0 Å². The molecule has 0 unspecified atom stereocenters. The Kier molecular flexibility index (Phi) is 4.59. The zero-order chi connectivity index (χ0) is 16.3. The van der Waals surface area contributed by atoms with Crippen molar-refractivity contribution in [3.63, 3.8) is 0 Å². The Balaban J connectivity index is 1.84. The molecule has 0 aliphatic rings. The number of carbonyl (C=O) groups is 2. The van der Waals surface area contributed by atoms with E-state index in [9.17, 15) is 9.59 Å². The normalized spacial score (nSPS) is 10.7. The molecule has 2 heterocycles. The number of hydrogen-bond donors (Lipinski definition) is 2. The van der Waals surface area contributed by atoms with E-state index in [0.29, 0.717) is 13.1 Å². The Morgan fingerprint density at radius 2 is 2.05 bits per heavy atom. The Bertz CT molecular complexity index is 701. The maximum atomic E-state index is 11.9. The molecular weight excluding hydrogens is 286 g/mol. The molecule has 2 rings (SSSR count). The number of aromatic nitrogens is 4. The molecule has 0 aliphatic carbocycles. The molecular formula is C14H19N5O3. The first-order valence-electron chi connectivity index (χ1n) is 6.91. The number of amides is 1.